The number of ether oxygens (including phenoxy) is 2. The predicted octanol–water partition coefficient (Wildman–Crippen LogP) is 5.11. The third kappa shape index (κ3) is 6.46. The second-order valence-corrected chi connectivity index (χ2v) is 10.3. The average Bonchev–Trinajstić information content (AvgIpc) is 3.60. The van der Waals surface area contributed by atoms with Crippen molar-refractivity contribution in [3.63, 3.8) is 0 Å². The largest absolute Gasteiger partial charge is 0.451 e. The number of aliphatic hydroxyl groups is 1. The molecule has 5 rings (SSSR count). The number of rotatable bonds is 9. The van der Waals surface area contributed by atoms with Crippen LogP contribution in [0.2, 0.25) is 0 Å². The lowest BCUT2D eigenvalue weighted by atomic mass is 10.1. The van der Waals surface area contributed by atoms with E-state index in [4.69, 9.17) is 9.47 Å². The van der Waals surface area contributed by atoms with Crippen molar-refractivity contribution in [2.75, 3.05) is 11.9 Å². The summed E-state index contributed by atoms with van der Waals surface area (Å²) in [5.41, 5.74) is 2.13. The fraction of sp³-hybridized carbons (Fsp3) is 0.333. The number of carbonyl (C=O) groups excluding carboxylic acids is 1. The van der Waals surface area contributed by atoms with Gasteiger partial charge in [-0.3, -0.25) is 4.68 Å². The molecule has 11 heteroatoms. The fourth-order valence-electron chi connectivity index (χ4n) is 5.11. The van der Waals surface area contributed by atoms with Gasteiger partial charge in [-0.05, 0) is 56.5 Å². The summed E-state index contributed by atoms with van der Waals surface area (Å²) >= 11 is 0. The van der Waals surface area contributed by atoms with Crippen LogP contribution >= 0.6 is 0 Å². The van der Waals surface area contributed by atoms with Gasteiger partial charge in [-0.1, -0.05) is 30.3 Å². The zero-order valence-corrected chi connectivity index (χ0v) is 23.1. The second-order valence-electron chi connectivity index (χ2n) is 10.3. The van der Waals surface area contributed by atoms with E-state index >= 15 is 0 Å². The van der Waals surface area contributed by atoms with Crippen LogP contribution in [0, 0.1) is 5.82 Å². The third-order valence-corrected chi connectivity index (χ3v) is 7.12. The van der Waals surface area contributed by atoms with Gasteiger partial charge in [0, 0.05) is 30.9 Å². The molecule has 0 bridgehead atoms. The van der Waals surface area contributed by atoms with Gasteiger partial charge in [0.25, 0.3) is 0 Å². The van der Waals surface area contributed by atoms with Gasteiger partial charge in [0.1, 0.15) is 24.5 Å². The Kier molecular flexibility index (Phi) is 8.44. The molecule has 0 saturated heterocycles. The van der Waals surface area contributed by atoms with Crippen molar-refractivity contribution in [1.29, 1.82) is 0 Å². The highest BCUT2D eigenvalue weighted by molar-refractivity contribution is 5.69. The van der Waals surface area contributed by atoms with Crippen molar-refractivity contribution in [1.82, 2.24) is 25.1 Å². The molecule has 2 heterocycles. The van der Waals surface area contributed by atoms with Crippen LogP contribution in [-0.2, 0) is 11.3 Å². The Labute approximate surface area is 237 Å². The molecule has 1 amide bonds. The standard InChI is InChI=1S/C30H33FN6O4/c1-19(2)37-24(11-12-34-37)23-13-21(31)9-10-27(23)41-28-16-32-18-33-29(28)36(3)25-14-22(15-26(25)38)35-30(39)40-17-20-7-5-4-6-8-20/h4-13,16,18-19,22,25-26,38H,14-15,17H2,1-3H3,(H,35,39)/t22-,25+,26-/m1/s1. The molecule has 0 radical (unpaired) electrons. The molecule has 214 valence electrons. The highest BCUT2D eigenvalue weighted by atomic mass is 19.1. The quantitative estimate of drug-likeness (QED) is 0.290. The van der Waals surface area contributed by atoms with Gasteiger partial charge in [-0.25, -0.2) is 19.2 Å². The lowest BCUT2D eigenvalue weighted by Crippen LogP contribution is -2.39. The Morgan fingerprint density at radius 2 is 1.98 bits per heavy atom. The number of likely N-dealkylation sites (N-methyl/N-ethyl adjacent to an activating group) is 1. The summed E-state index contributed by atoms with van der Waals surface area (Å²) in [5, 5.41) is 18.1. The van der Waals surface area contributed by atoms with Crippen molar-refractivity contribution in [2.24, 2.45) is 0 Å². The number of nitrogens with one attached hydrogen (secondary N) is 1. The molecule has 2 N–H and O–H groups in total. The van der Waals surface area contributed by atoms with Gasteiger partial charge in [-0.15, -0.1) is 0 Å². The average molecular weight is 561 g/mol. The summed E-state index contributed by atoms with van der Waals surface area (Å²) in [5.74, 6) is 0.791. The lowest BCUT2D eigenvalue weighted by molar-refractivity contribution is 0.133. The number of carbonyl (C=O) groups is 1. The number of halogens is 1. The Morgan fingerprint density at radius 3 is 2.76 bits per heavy atom. The van der Waals surface area contributed by atoms with Gasteiger partial charge in [0.2, 0.25) is 0 Å². The summed E-state index contributed by atoms with van der Waals surface area (Å²) in [7, 11) is 1.80. The molecule has 10 nitrogen and oxygen atoms in total. The van der Waals surface area contributed by atoms with Crippen LogP contribution < -0.4 is 15.0 Å². The van der Waals surface area contributed by atoms with E-state index in [1.54, 1.807) is 24.0 Å². The number of aliphatic hydroxyl groups excluding tert-OH is 1. The molecule has 0 spiro atoms. The minimum Gasteiger partial charge on any atom is -0.451 e. The highest BCUT2D eigenvalue weighted by Gasteiger charge is 2.38. The Hall–Kier alpha value is -4.51. The van der Waals surface area contributed by atoms with Gasteiger partial charge in [-0.2, -0.15) is 5.10 Å². The Bertz CT molecular complexity index is 1480. The molecule has 0 aliphatic heterocycles. The molecule has 3 atom stereocenters. The van der Waals surface area contributed by atoms with Crippen LogP contribution in [0.15, 0.2) is 73.3 Å². The first-order valence-corrected chi connectivity index (χ1v) is 13.5. The topological polar surface area (TPSA) is 115 Å². The molecular formula is C30H33FN6O4. The number of hydrogen-bond donors (Lipinski definition) is 2. The molecule has 1 aliphatic rings. The number of hydrogen-bond acceptors (Lipinski definition) is 8. The van der Waals surface area contributed by atoms with Crippen molar-refractivity contribution < 1.29 is 23.8 Å². The minimum absolute atomic E-state index is 0.0545. The van der Waals surface area contributed by atoms with E-state index in [0.717, 1.165) is 5.56 Å². The minimum atomic E-state index is -0.732. The molecular weight excluding hydrogens is 527 g/mol. The van der Waals surface area contributed by atoms with Gasteiger partial charge in [0.15, 0.2) is 11.6 Å². The maximum atomic E-state index is 14.3. The first kappa shape index (κ1) is 28.0. The molecule has 1 fully saturated rings. The van der Waals surface area contributed by atoms with E-state index < -0.39 is 18.0 Å². The van der Waals surface area contributed by atoms with Crippen molar-refractivity contribution >= 4 is 11.9 Å². The molecule has 2 aromatic carbocycles. The Balaban J connectivity index is 1.30. The van der Waals surface area contributed by atoms with E-state index in [1.807, 2.05) is 55.1 Å². The number of anilines is 1. The van der Waals surface area contributed by atoms with Gasteiger partial charge >= 0.3 is 6.09 Å². The van der Waals surface area contributed by atoms with Gasteiger partial charge in [0.05, 0.1) is 24.0 Å². The van der Waals surface area contributed by atoms with Crippen molar-refractivity contribution in [3.05, 3.63) is 84.7 Å². The van der Waals surface area contributed by atoms with E-state index in [9.17, 15) is 14.3 Å². The Morgan fingerprint density at radius 1 is 1.17 bits per heavy atom. The van der Waals surface area contributed by atoms with Crippen LogP contribution in [-0.4, -0.2) is 56.2 Å². The summed E-state index contributed by atoms with van der Waals surface area (Å²) in [6.45, 7) is 4.15. The van der Waals surface area contributed by atoms with Crippen LogP contribution in [0.25, 0.3) is 11.3 Å². The summed E-state index contributed by atoms with van der Waals surface area (Å²) in [6.07, 6.45) is 4.15. The first-order chi connectivity index (χ1) is 19.8. The zero-order chi connectivity index (χ0) is 28.9. The lowest BCUT2D eigenvalue weighted by Gasteiger charge is -2.29. The second kappa shape index (κ2) is 12.3. The maximum absolute atomic E-state index is 14.3. The SMILES string of the molecule is CC(C)n1nccc1-c1cc(F)ccc1Oc1cncnc1N(C)[C@H]1C[C@@H](NC(=O)OCc2ccccc2)C[C@H]1O. The maximum Gasteiger partial charge on any atom is 0.407 e. The molecule has 1 aliphatic carbocycles. The molecule has 4 aromatic rings. The fourth-order valence-corrected chi connectivity index (χ4v) is 5.11. The van der Waals surface area contributed by atoms with E-state index in [-0.39, 0.29) is 24.7 Å². The van der Waals surface area contributed by atoms with Crippen molar-refractivity contribution in [2.45, 2.75) is 57.5 Å². The van der Waals surface area contributed by atoms with Gasteiger partial charge < -0.3 is 24.8 Å². The summed E-state index contributed by atoms with van der Waals surface area (Å²) in [4.78, 5) is 22.8. The summed E-state index contributed by atoms with van der Waals surface area (Å²) < 4.78 is 27.8. The molecule has 2 aromatic heterocycles. The van der Waals surface area contributed by atoms with Crippen LogP contribution in [0.3, 0.4) is 0 Å². The predicted molar refractivity (Wildman–Crippen MR) is 151 cm³/mol. The molecule has 41 heavy (non-hydrogen) atoms. The highest BCUT2D eigenvalue weighted by Crippen LogP contribution is 2.38. The van der Waals surface area contributed by atoms with Crippen LogP contribution in [0.4, 0.5) is 15.0 Å². The number of nitrogens with zero attached hydrogens (tertiary/aromatic N) is 5. The van der Waals surface area contributed by atoms with Crippen LogP contribution in [0.5, 0.6) is 11.5 Å². The summed E-state index contributed by atoms with van der Waals surface area (Å²) in [6, 6.07) is 14.9. The van der Waals surface area contributed by atoms with Crippen molar-refractivity contribution in [3.8, 4) is 22.8 Å². The number of alkyl carbamates (subject to hydrolysis) is 1. The number of aromatic nitrogens is 4. The first-order valence-electron chi connectivity index (χ1n) is 13.5. The number of amides is 1. The smallest absolute Gasteiger partial charge is 0.407 e. The number of benzene rings is 2. The third-order valence-electron chi connectivity index (χ3n) is 7.12. The van der Waals surface area contributed by atoms with E-state index in [0.29, 0.717) is 41.4 Å². The zero-order valence-electron chi connectivity index (χ0n) is 23.1. The molecule has 1 saturated carbocycles. The van der Waals surface area contributed by atoms with E-state index in [1.165, 1.54) is 24.7 Å². The van der Waals surface area contributed by atoms with Crippen LogP contribution in [0.1, 0.15) is 38.3 Å². The monoisotopic (exact) mass is 560 g/mol. The normalized spacial score (nSPS) is 18.3. The molecule has 0 unspecified atom stereocenters. The van der Waals surface area contributed by atoms with E-state index in [2.05, 4.69) is 20.4 Å².